The van der Waals surface area contributed by atoms with E-state index in [4.69, 9.17) is 0 Å². The summed E-state index contributed by atoms with van der Waals surface area (Å²) in [6, 6.07) is -0.576. The molecule has 0 aliphatic heterocycles. The highest BCUT2D eigenvalue weighted by Gasteiger charge is 2.59. The fourth-order valence-electron chi connectivity index (χ4n) is 1.56. The van der Waals surface area contributed by atoms with Gasteiger partial charge in [-0.15, -0.1) is 0 Å². The first-order valence-electron chi connectivity index (χ1n) is 3.81. The molecule has 4 heteroatoms. The van der Waals surface area contributed by atoms with Crippen LogP contribution < -0.4 is 0 Å². The minimum atomic E-state index is -0.576. The second-order valence-corrected chi connectivity index (χ2v) is 2.94. The van der Waals surface area contributed by atoms with Crippen LogP contribution in [0.1, 0.15) is 19.8 Å². The van der Waals surface area contributed by atoms with Gasteiger partial charge < -0.3 is 4.79 Å². The molecule has 3 atom stereocenters. The molecule has 1 aliphatic rings. The Bertz CT molecular complexity index is 181. The normalized spacial score (nSPS) is 34.8. The lowest BCUT2D eigenvalue weighted by atomic mass is 10.2. The Balaban J connectivity index is 2.45. The van der Waals surface area contributed by atoms with Gasteiger partial charge in [-0.05, 0) is 6.42 Å². The van der Waals surface area contributed by atoms with Gasteiger partial charge in [0.15, 0.2) is 0 Å². The van der Waals surface area contributed by atoms with Gasteiger partial charge in [-0.25, -0.2) is 0 Å². The van der Waals surface area contributed by atoms with E-state index in [0.29, 0.717) is 6.29 Å². The second kappa shape index (κ2) is 2.98. The summed E-state index contributed by atoms with van der Waals surface area (Å²) in [5.74, 6) is -0.280. The third-order valence-electron chi connectivity index (χ3n) is 2.21. The van der Waals surface area contributed by atoms with Crippen molar-refractivity contribution in [1.82, 2.24) is 0 Å². The largest absolute Gasteiger partial charge is 0.303 e. The van der Waals surface area contributed by atoms with Crippen molar-refractivity contribution < 1.29 is 9.72 Å². The summed E-state index contributed by atoms with van der Waals surface area (Å²) < 4.78 is 0. The van der Waals surface area contributed by atoms with E-state index < -0.39 is 6.04 Å². The third-order valence-corrected chi connectivity index (χ3v) is 2.21. The van der Waals surface area contributed by atoms with E-state index in [0.717, 1.165) is 12.8 Å². The maximum Gasteiger partial charge on any atom is 0.226 e. The van der Waals surface area contributed by atoms with Gasteiger partial charge in [0.05, 0.1) is 5.92 Å². The molecule has 0 unspecified atom stereocenters. The standard InChI is InChI=1S/C7H11NO3/c1-2-3-5-6(4-9)7(5)8(10)11/h4-7H,2-3H2,1H3/t5-,6-,7+/m1/s1. The average molecular weight is 157 g/mol. The van der Waals surface area contributed by atoms with Crippen molar-refractivity contribution in [2.45, 2.75) is 25.8 Å². The summed E-state index contributed by atoms with van der Waals surface area (Å²) in [4.78, 5) is 20.2. The van der Waals surface area contributed by atoms with Crippen molar-refractivity contribution in [2.75, 3.05) is 0 Å². The average Bonchev–Trinajstić information content (AvgIpc) is 2.63. The van der Waals surface area contributed by atoms with Crippen LogP contribution in [-0.2, 0) is 4.79 Å². The van der Waals surface area contributed by atoms with Crippen LogP contribution in [0, 0.1) is 22.0 Å². The van der Waals surface area contributed by atoms with Crippen molar-refractivity contribution in [2.24, 2.45) is 11.8 Å². The lowest BCUT2D eigenvalue weighted by molar-refractivity contribution is -0.500. The molecule has 0 radical (unpaired) electrons. The van der Waals surface area contributed by atoms with Gasteiger partial charge in [0.2, 0.25) is 6.04 Å². The summed E-state index contributed by atoms with van der Waals surface area (Å²) in [5.41, 5.74) is 0. The third kappa shape index (κ3) is 1.39. The molecule has 1 saturated carbocycles. The lowest BCUT2D eigenvalue weighted by Crippen LogP contribution is -2.05. The fraction of sp³-hybridized carbons (Fsp3) is 0.857. The highest BCUT2D eigenvalue weighted by atomic mass is 16.6. The molecule has 0 N–H and O–H groups in total. The Kier molecular flexibility index (Phi) is 2.22. The topological polar surface area (TPSA) is 60.2 Å². The lowest BCUT2D eigenvalue weighted by Gasteiger charge is -1.87. The molecule has 0 heterocycles. The van der Waals surface area contributed by atoms with Crippen molar-refractivity contribution in [3.63, 3.8) is 0 Å². The molecule has 0 aromatic carbocycles. The van der Waals surface area contributed by atoms with Crippen LogP contribution in [0.25, 0.3) is 0 Å². The van der Waals surface area contributed by atoms with E-state index in [2.05, 4.69) is 0 Å². The van der Waals surface area contributed by atoms with Gasteiger partial charge in [0, 0.05) is 10.8 Å². The Morgan fingerprint density at radius 3 is 2.55 bits per heavy atom. The zero-order chi connectivity index (χ0) is 8.43. The molecular formula is C7H11NO3. The van der Waals surface area contributed by atoms with Crippen LogP contribution in [0.4, 0.5) is 0 Å². The SMILES string of the molecule is CCC[C@@H]1[C@@H](C=O)[C@H]1[N+](=O)[O-]. The number of rotatable bonds is 4. The minimum absolute atomic E-state index is 0.0208. The van der Waals surface area contributed by atoms with E-state index in [9.17, 15) is 14.9 Å². The number of hydrogen-bond donors (Lipinski definition) is 0. The predicted octanol–water partition coefficient (Wildman–Crippen LogP) is 0.877. The molecule has 4 nitrogen and oxygen atoms in total. The maximum absolute atomic E-state index is 10.3. The van der Waals surface area contributed by atoms with Crippen LogP contribution >= 0.6 is 0 Å². The van der Waals surface area contributed by atoms with Gasteiger partial charge in [0.25, 0.3) is 0 Å². The summed E-state index contributed by atoms with van der Waals surface area (Å²) in [5, 5.41) is 10.3. The molecule has 0 bridgehead atoms. The van der Waals surface area contributed by atoms with Crippen molar-refractivity contribution >= 4 is 6.29 Å². The summed E-state index contributed by atoms with van der Waals surface area (Å²) in [6.07, 6.45) is 2.43. The van der Waals surface area contributed by atoms with E-state index in [-0.39, 0.29) is 16.8 Å². The smallest absolute Gasteiger partial charge is 0.226 e. The summed E-state index contributed by atoms with van der Waals surface area (Å²) >= 11 is 0. The number of nitrogens with zero attached hydrogens (tertiary/aromatic N) is 1. The van der Waals surface area contributed by atoms with E-state index in [1.54, 1.807) is 0 Å². The molecule has 1 rings (SSSR count). The zero-order valence-corrected chi connectivity index (χ0v) is 6.40. The predicted molar refractivity (Wildman–Crippen MR) is 38.7 cm³/mol. The van der Waals surface area contributed by atoms with E-state index in [1.165, 1.54) is 0 Å². The number of aldehydes is 1. The second-order valence-electron chi connectivity index (χ2n) is 2.94. The quantitative estimate of drug-likeness (QED) is 0.345. The number of carbonyl (C=O) groups is 1. The highest BCUT2D eigenvalue weighted by Crippen LogP contribution is 2.42. The Morgan fingerprint density at radius 1 is 1.64 bits per heavy atom. The summed E-state index contributed by atoms with van der Waals surface area (Å²) in [7, 11) is 0. The van der Waals surface area contributed by atoms with Crippen molar-refractivity contribution in [3.05, 3.63) is 10.1 Å². The Hall–Kier alpha value is -0.930. The first-order chi connectivity index (χ1) is 5.22. The van der Waals surface area contributed by atoms with Gasteiger partial charge in [-0.1, -0.05) is 13.3 Å². The Morgan fingerprint density at radius 2 is 2.27 bits per heavy atom. The summed E-state index contributed by atoms with van der Waals surface area (Å²) in [6.45, 7) is 1.97. The highest BCUT2D eigenvalue weighted by molar-refractivity contribution is 5.60. The van der Waals surface area contributed by atoms with Gasteiger partial charge in [-0.3, -0.25) is 10.1 Å². The molecule has 0 amide bonds. The molecule has 1 aliphatic carbocycles. The zero-order valence-electron chi connectivity index (χ0n) is 6.40. The van der Waals surface area contributed by atoms with Crippen LogP contribution in [0.15, 0.2) is 0 Å². The van der Waals surface area contributed by atoms with Crippen LogP contribution in [-0.4, -0.2) is 17.3 Å². The first-order valence-corrected chi connectivity index (χ1v) is 3.81. The molecular weight excluding hydrogens is 146 g/mol. The monoisotopic (exact) mass is 157 g/mol. The van der Waals surface area contributed by atoms with Crippen LogP contribution in [0.2, 0.25) is 0 Å². The van der Waals surface area contributed by atoms with Crippen LogP contribution in [0.3, 0.4) is 0 Å². The first kappa shape index (κ1) is 8.17. The van der Waals surface area contributed by atoms with Crippen molar-refractivity contribution in [3.8, 4) is 0 Å². The molecule has 0 aromatic rings. The van der Waals surface area contributed by atoms with Crippen LogP contribution in [0.5, 0.6) is 0 Å². The van der Waals surface area contributed by atoms with Crippen molar-refractivity contribution in [1.29, 1.82) is 0 Å². The minimum Gasteiger partial charge on any atom is -0.303 e. The molecule has 0 aromatic heterocycles. The number of nitro groups is 1. The number of carbonyl (C=O) groups excluding carboxylic acids is 1. The molecule has 0 spiro atoms. The fourth-order valence-corrected chi connectivity index (χ4v) is 1.56. The molecule has 1 fully saturated rings. The van der Waals surface area contributed by atoms with Gasteiger partial charge in [-0.2, -0.15) is 0 Å². The Labute approximate surface area is 64.7 Å². The molecule has 62 valence electrons. The maximum atomic E-state index is 10.3. The van der Waals surface area contributed by atoms with Gasteiger partial charge >= 0.3 is 0 Å². The van der Waals surface area contributed by atoms with E-state index >= 15 is 0 Å². The molecule has 0 saturated heterocycles. The molecule has 11 heavy (non-hydrogen) atoms. The number of hydrogen-bond acceptors (Lipinski definition) is 3. The van der Waals surface area contributed by atoms with E-state index in [1.807, 2.05) is 6.92 Å². The van der Waals surface area contributed by atoms with Gasteiger partial charge in [0.1, 0.15) is 6.29 Å².